The molecule has 1 saturated heterocycles. The van der Waals surface area contributed by atoms with Crippen molar-refractivity contribution in [3.05, 3.63) is 57.6 Å². The summed E-state index contributed by atoms with van der Waals surface area (Å²) in [5.74, 6) is 0.224. The van der Waals surface area contributed by atoms with E-state index in [9.17, 15) is 9.59 Å². The maximum Gasteiger partial charge on any atom is 0.480 e. The minimum absolute atomic E-state index is 0.182. The quantitative estimate of drug-likeness (QED) is 0.393. The van der Waals surface area contributed by atoms with Crippen LogP contribution in [0.4, 0.5) is 0 Å². The Labute approximate surface area is 239 Å². The third-order valence-corrected chi connectivity index (χ3v) is 6.91. The fraction of sp³-hybridized carbons (Fsp3) is 0.481. The number of halogens is 2. The van der Waals surface area contributed by atoms with Gasteiger partial charge in [-0.25, -0.2) is 0 Å². The number of fused-ring (bicyclic) bond motifs is 1. The third kappa shape index (κ3) is 8.49. The highest BCUT2D eigenvalue weighted by molar-refractivity contribution is 6.47. The molecule has 4 rings (SSSR count). The molecule has 0 aliphatic carbocycles. The van der Waals surface area contributed by atoms with Crippen LogP contribution < -0.4 is 25.4 Å². The number of carbonyl (C=O) groups is 2. The van der Waals surface area contributed by atoms with Crippen molar-refractivity contribution in [3.63, 3.8) is 0 Å². The fourth-order valence-electron chi connectivity index (χ4n) is 4.50. The van der Waals surface area contributed by atoms with Crippen molar-refractivity contribution >= 4 is 42.1 Å². The van der Waals surface area contributed by atoms with Gasteiger partial charge < -0.3 is 34.7 Å². The van der Waals surface area contributed by atoms with Crippen molar-refractivity contribution in [2.45, 2.75) is 38.7 Å². The normalized spacial score (nSPS) is 17.1. The lowest BCUT2D eigenvalue weighted by Gasteiger charge is -2.29. The van der Waals surface area contributed by atoms with Gasteiger partial charge in [0.05, 0.1) is 16.5 Å². The summed E-state index contributed by atoms with van der Waals surface area (Å²) < 4.78 is 23.2. The lowest BCUT2D eigenvalue weighted by atomic mass is 9.73. The molecular weight excluding hydrogens is 544 g/mol. The van der Waals surface area contributed by atoms with Crippen molar-refractivity contribution in [3.8, 4) is 11.5 Å². The van der Waals surface area contributed by atoms with E-state index in [0.29, 0.717) is 62.5 Å². The van der Waals surface area contributed by atoms with Crippen LogP contribution in [0.25, 0.3) is 0 Å². The molecule has 2 aromatic carbocycles. The summed E-state index contributed by atoms with van der Waals surface area (Å²) >= 11 is 12.4. The van der Waals surface area contributed by atoms with E-state index in [2.05, 4.69) is 29.8 Å². The van der Waals surface area contributed by atoms with E-state index in [1.807, 2.05) is 12.1 Å². The van der Waals surface area contributed by atoms with Crippen molar-refractivity contribution in [1.29, 1.82) is 0 Å². The van der Waals surface area contributed by atoms with Crippen molar-refractivity contribution in [2.75, 3.05) is 39.5 Å². The Hall–Kier alpha value is -2.50. The Kier molecular flexibility index (Phi) is 10.8. The second-order valence-electron chi connectivity index (χ2n) is 9.94. The predicted octanol–water partition coefficient (Wildman–Crippen LogP) is 3.30. The van der Waals surface area contributed by atoms with Crippen LogP contribution in [-0.2, 0) is 20.5 Å². The first-order valence-corrected chi connectivity index (χ1v) is 13.9. The molecule has 2 heterocycles. The van der Waals surface area contributed by atoms with Crippen LogP contribution >= 0.6 is 23.2 Å². The van der Waals surface area contributed by atoms with E-state index in [1.165, 1.54) is 6.07 Å². The maximum absolute atomic E-state index is 13.8. The van der Waals surface area contributed by atoms with E-state index in [1.54, 1.807) is 18.2 Å². The van der Waals surface area contributed by atoms with Crippen LogP contribution in [0.15, 0.2) is 36.4 Å². The highest BCUT2D eigenvalue weighted by Gasteiger charge is 2.35. The van der Waals surface area contributed by atoms with Crippen molar-refractivity contribution < 1.29 is 28.4 Å². The van der Waals surface area contributed by atoms with Gasteiger partial charge >= 0.3 is 7.12 Å². The van der Waals surface area contributed by atoms with Crippen LogP contribution in [0, 0.1) is 5.92 Å². The van der Waals surface area contributed by atoms with Crippen LogP contribution in [0.3, 0.4) is 0 Å². The molecule has 0 saturated carbocycles. The van der Waals surface area contributed by atoms with Crippen LogP contribution in [0.2, 0.25) is 10.0 Å². The third-order valence-electron chi connectivity index (χ3n) is 6.34. The van der Waals surface area contributed by atoms with E-state index < -0.39 is 25.0 Å². The van der Waals surface area contributed by atoms with E-state index in [0.717, 1.165) is 5.56 Å². The molecule has 2 aliphatic heterocycles. The Balaban J connectivity index is 1.57. The molecule has 0 radical (unpaired) electrons. The lowest BCUT2D eigenvalue weighted by molar-refractivity contribution is -0.123. The van der Waals surface area contributed by atoms with Gasteiger partial charge in [-0.3, -0.25) is 9.59 Å². The molecule has 3 N–H and O–H groups in total. The summed E-state index contributed by atoms with van der Waals surface area (Å²) in [5.41, 5.74) is 0.976. The topological polar surface area (TPSA) is 107 Å². The number of nitrogens with one attached hydrogen (secondary N) is 3. The van der Waals surface area contributed by atoms with Gasteiger partial charge in [-0.15, -0.1) is 0 Å². The average Bonchev–Trinajstić information content (AvgIpc) is 2.88. The molecule has 0 spiro atoms. The molecule has 12 heteroatoms. The molecule has 1 fully saturated rings. The summed E-state index contributed by atoms with van der Waals surface area (Å²) in [6.45, 7) is 7.37. The molecule has 0 aromatic heterocycles. The van der Waals surface area contributed by atoms with E-state index in [-0.39, 0.29) is 28.8 Å². The standard InChI is InChI=1S/C27H34BCl2N3O6/c1-17(2)13-25(28-38-9-7-31-8-10-39-28)33-27(35)22(32-26(34)20-16-19(29)4-5-21(20)30)14-18-3-6-23-24(15-18)37-12-11-36-23/h3-6,15-17,22,25,31H,7-14H2,1-2H3,(H,32,34)(H,33,35)/t22-,25-/m0/s1. The van der Waals surface area contributed by atoms with E-state index >= 15 is 0 Å². The second-order valence-corrected chi connectivity index (χ2v) is 10.8. The highest BCUT2D eigenvalue weighted by atomic mass is 35.5. The van der Waals surface area contributed by atoms with Crippen LogP contribution in [0.5, 0.6) is 11.5 Å². The van der Waals surface area contributed by atoms with Crippen LogP contribution in [-0.4, -0.2) is 70.4 Å². The minimum Gasteiger partial charge on any atom is -0.486 e. The zero-order valence-corrected chi connectivity index (χ0v) is 23.6. The number of rotatable bonds is 9. The molecule has 2 aliphatic rings. The van der Waals surface area contributed by atoms with Gasteiger partial charge in [-0.05, 0) is 48.2 Å². The molecule has 2 aromatic rings. The Bertz CT molecular complexity index is 1150. The van der Waals surface area contributed by atoms with Gasteiger partial charge in [-0.2, -0.15) is 0 Å². The number of amides is 2. The number of hydrogen-bond donors (Lipinski definition) is 3. The summed E-state index contributed by atoms with van der Waals surface area (Å²) in [5, 5.41) is 9.76. The SMILES string of the molecule is CC(C)C[C@H](NC(=O)[C@H](Cc1ccc2c(c1)OCCO2)NC(=O)c1cc(Cl)ccc1Cl)B1OCCNCCO1. The number of hydrogen-bond acceptors (Lipinski definition) is 7. The highest BCUT2D eigenvalue weighted by Crippen LogP contribution is 2.31. The number of carbonyl (C=O) groups excluding carboxylic acids is 2. The lowest BCUT2D eigenvalue weighted by Crippen LogP contribution is -2.57. The molecule has 210 valence electrons. The zero-order chi connectivity index (χ0) is 27.8. The largest absolute Gasteiger partial charge is 0.486 e. The molecule has 2 amide bonds. The van der Waals surface area contributed by atoms with Crippen LogP contribution in [0.1, 0.15) is 36.2 Å². The van der Waals surface area contributed by atoms with E-state index in [4.69, 9.17) is 42.0 Å². The summed E-state index contributed by atoms with van der Waals surface area (Å²) in [6.07, 6.45) is 0.839. The molecule has 0 bridgehead atoms. The number of ether oxygens (including phenoxy) is 2. The Morgan fingerprint density at radius 2 is 1.67 bits per heavy atom. The molecular formula is C27H34BCl2N3O6. The average molecular weight is 578 g/mol. The summed E-state index contributed by atoms with van der Waals surface area (Å²) in [6, 6.07) is 9.18. The van der Waals surface area contributed by atoms with Gasteiger partial charge in [0.25, 0.3) is 5.91 Å². The first-order chi connectivity index (χ1) is 18.8. The monoisotopic (exact) mass is 577 g/mol. The Morgan fingerprint density at radius 1 is 0.949 bits per heavy atom. The van der Waals surface area contributed by atoms with Gasteiger partial charge in [0.2, 0.25) is 5.91 Å². The first-order valence-electron chi connectivity index (χ1n) is 13.2. The molecule has 0 unspecified atom stereocenters. The Morgan fingerprint density at radius 3 is 2.38 bits per heavy atom. The van der Waals surface area contributed by atoms with Gasteiger partial charge in [-0.1, -0.05) is 43.1 Å². The molecule has 39 heavy (non-hydrogen) atoms. The van der Waals surface area contributed by atoms with Crippen molar-refractivity contribution in [2.24, 2.45) is 5.92 Å². The van der Waals surface area contributed by atoms with Crippen molar-refractivity contribution in [1.82, 2.24) is 16.0 Å². The zero-order valence-electron chi connectivity index (χ0n) is 22.1. The smallest absolute Gasteiger partial charge is 0.480 e. The first kappa shape index (κ1) is 29.5. The van der Waals surface area contributed by atoms with Gasteiger partial charge in [0.15, 0.2) is 11.5 Å². The summed E-state index contributed by atoms with van der Waals surface area (Å²) in [4.78, 5) is 27.0. The summed E-state index contributed by atoms with van der Waals surface area (Å²) in [7, 11) is -0.605. The molecule has 2 atom stereocenters. The van der Waals surface area contributed by atoms with Gasteiger partial charge in [0, 0.05) is 37.7 Å². The molecule has 9 nitrogen and oxygen atoms in total. The van der Waals surface area contributed by atoms with Gasteiger partial charge in [0.1, 0.15) is 19.3 Å². The minimum atomic E-state index is -0.931. The number of benzene rings is 2. The predicted molar refractivity (Wildman–Crippen MR) is 151 cm³/mol. The fourth-order valence-corrected chi connectivity index (χ4v) is 4.87. The maximum atomic E-state index is 13.8. The second kappa shape index (κ2) is 14.2.